The van der Waals surface area contributed by atoms with Gasteiger partial charge in [0.1, 0.15) is 0 Å². The predicted molar refractivity (Wildman–Crippen MR) is 73.5 cm³/mol. The van der Waals surface area contributed by atoms with Crippen LogP contribution < -0.4 is 0 Å². The Bertz CT molecular complexity index is 125. The molecule has 1 aliphatic rings. The van der Waals surface area contributed by atoms with Gasteiger partial charge in [-0.2, -0.15) is 0 Å². The van der Waals surface area contributed by atoms with Gasteiger partial charge >= 0.3 is 0 Å². The van der Waals surface area contributed by atoms with Crippen LogP contribution in [0.5, 0.6) is 0 Å². The molecule has 0 amide bonds. The largest absolute Gasteiger partial charge is 0.0533 e. The van der Waals surface area contributed by atoms with Crippen molar-refractivity contribution >= 4 is 0 Å². The molecule has 1 rings (SSSR count). The minimum absolute atomic E-state index is 0.998. The van der Waals surface area contributed by atoms with Gasteiger partial charge in [-0.25, -0.2) is 0 Å². The zero-order valence-corrected chi connectivity index (χ0v) is 11.2. The van der Waals surface area contributed by atoms with Crippen molar-refractivity contribution in [3.05, 3.63) is 6.92 Å². The van der Waals surface area contributed by atoms with Crippen molar-refractivity contribution in [1.29, 1.82) is 0 Å². The number of hydrogen-bond acceptors (Lipinski definition) is 0. The molecule has 0 bridgehead atoms. The highest BCUT2D eigenvalue weighted by Crippen LogP contribution is 2.23. The topological polar surface area (TPSA) is 0 Å². The van der Waals surface area contributed by atoms with Gasteiger partial charge in [0.2, 0.25) is 0 Å². The Morgan fingerprint density at radius 2 is 1.00 bits per heavy atom. The average Bonchev–Trinajstić information content (AvgIpc) is 2.31. The summed E-state index contributed by atoms with van der Waals surface area (Å²) in [5.74, 6) is 0.998. The van der Waals surface area contributed by atoms with Crippen LogP contribution in [0.25, 0.3) is 0 Å². The molecule has 1 saturated carbocycles. The smallest absolute Gasteiger partial charge is 0.0414 e. The summed E-state index contributed by atoms with van der Waals surface area (Å²) in [6.45, 7) is 4.02. The van der Waals surface area contributed by atoms with E-state index in [1.807, 2.05) is 0 Å². The molecular weight excluding hydrogens is 192 g/mol. The monoisotopic (exact) mass is 223 g/mol. The molecule has 0 aromatic rings. The maximum atomic E-state index is 4.02. The van der Waals surface area contributed by atoms with Gasteiger partial charge in [0.25, 0.3) is 0 Å². The molecule has 0 atom stereocenters. The summed E-state index contributed by atoms with van der Waals surface area (Å²) in [6.07, 6.45) is 20.3. The van der Waals surface area contributed by atoms with E-state index in [9.17, 15) is 0 Å². The van der Waals surface area contributed by atoms with Gasteiger partial charge in [0, 0.05) is 0 Å². The van der Waals surface area contributed by atoms with Crippen LogP contribution in [0, 0.1) is 12.8 Å². The third kappa shape index (κ3) is 7.30. The Balaban J connectivity index is 2.20. The lowest BCUT2D eigenvalue weighted by Gasteiger charge is -2.15. The third-order valence-electron chi connectivity index (χ3n) is 4.09. The quantitative estimate of drug-likeness (QED) is 0.546. The summed E-state index contributed by atoms with van der Waals surface area (Å²) < 4.78 is 0. The Morgan fingerprint density at radius 1 is 0.625 bits per heavy atom. The fourth-order valence-electron chi connectivity index (χ4n) is 3.00. The van der Waals surface area contributed by atoms with Gasteiger partial charge in [-0.3, -0.25) is 0 Å². The van der Waals surface area contributed by atoms with E-state index in [1.54, 1.807) is 0 Å². The predicted octanol–water partition coefficient (Wildman–Crippen LogP) is 5.91. The molecule has 0 unspecified atom stereocenters. The molecule has 0 heterocycles. The van der Waals surface area contributed by atoms with E-state index in [2.05, 4.69) is 6.92 Å². The molecule has 0 nitrogen and oxygen atoms in total. The van der Waals surface area contributed by atoms with E-state index in [0.717, 1.165) is 12.3 Å². The van der Waals surface area contributed by atoms with Gasteiger partial charge in [-0.05, 0) is 5.92 Å². The van der Waals surface area contributed by atoms with Crippen molar-refractivity contribution in [2.75, 3.05) is 0 Å². The van der Waals surface area contributed by atoms with Crippen LogP contribution in [0.15, 0.2) is 0 Å². The van der Waals surface area contributed by atoms with Crippen molar-refractivity contribution in [1.82, 2.24) is 0 Å². The number of hydrogen-bond donors (Lipinski definition) is 0. The standard InChI is InChI=1S/C16H31/c1-2-13-16-14-11-9-7-5-3-4-6-8-10-12-15-16/h16H,1-15H2. The van der Waals surface area contributed by atoms with Gasteiger partial charge in [-0.15, -0.1) is 0 Å². The zero-order chi connectivity index (χ0) is 11.5. The lowest BCUT2D eigenvalue weighted by atomic mass is 9.91. The van der Waals surface area contributed by atoms with Crippen LogP contribution in [0.2, 0.25) is 0 Å². The van der Waals surface area contributed by atoms with Crippen molar-refractivity contribution < 1.29 is 0 Å². The van der Waals surface area contributed by atoms with Crippen LogP contribution >= 0.6 is 0 Å². The van der Waals surface area contributed by atoms with Crippen molar-refractivity contribution in [3.63, 3.8) is 0 Å². The van der Waals surface area contributed by atoms with Crippen molar-refractivity contribution in [2.45, 2.75) is 89.9 Å². The minimum atomic E-state index is 0.998. The Kier molecular flexibility index (Phi) is 8.94. The van der Waals surface area contributed by atoms with Crippen molar-refractivity contribution in [3.8, 4) is 0 Å². The normalized spacial score (nSPS) is 23.1. The Hall–Kier alpha value is 0. The minimum Gasteiger partial charge on any atom is -0.0533 e. The first-order valence-corrected chi connectivity index (χ1v) is 7.72. The van der Waals surface area contributed by atoms with E-state index < -0.39 is 0 Å². The van der Waals surface area contributed by atoms with Crippen LogP contribution in [-0.4, -0.2) is 0 Å². The molecule has 1 aliphatic carbocycles. The molecule has 1 radical (unpaired) electrons. The van der Waals surface area contributed by atoms with E-state index >= 15 is 0 Å². The summed E-state index contributed by atoms with van der Waals surface area (Å²) >= 11 is 0. The van der Waals surface area contributed by atoms with E-state index in [0.29, 0.717) is 0 Å². The lowest BCUT2D eigenvalue weighted by Crippen LogP contribution is -2.00. The zero-order valence-electron chi connectivity index (χ0n) is 11.2. The van der Waals surface area contributed by atoms with Gasteiger partial charge in [0.05, 0.1) is 0 Å². The molecule has 16 heavy (non-hydrogen) atoms. The summed E-state index contributed by atoms with van der Waals surface area (Å²) in [5, 5.41) is 0. The van der Waals surface area contributed by atoms with Gasteiger partial charge in [0.15, 0.2) is 0 Å². The molecule has 0 saturated heterocycles. The molecule has 0 N–H and O–H groups in total. The maximum Gasteiger partial charge on any atom is -0.0414 e. The summed E-state index contributed by atoms with van der Waals surface area (Å²) in [7, 11) is 0. The second-order valence-corrected chi connectivity index (χ2v) is 5.62. The molecule has 0 aromatic heterocycles. The molecule has 95 valence electrons. The maximum absolute atomic E-state index is 4.02. The average molecular weight is 223 g/mol. The van der Waals surface area contributed by atoms with Crippen LogP contribution in [0.3, 0.4) is 0 Å². The third-order valence-corrected chi connectivity index (χ3v) is 4.09. The lowest BCUT2D eigenvalue weighted by molar-refractivity contribution is 0.386. The first-order valence-electron chi connectivity index (χ1n) is 7.72. The van der Waals surface area contributed by atoms with E-state index in [4.69, 9.17) is 0 Å². The Morgan fingerprint density at radius 3 is 1.38 bits per heavy atom. The van der Waals surface area contributed by atoms with Gasteiger partial charge < -0.3 is 0 Å². The SMILES string of the molecule is [CH2]CCC1CCCCCCCCCCCC1. The summed E-state index contributed by atoms with van der Waals surface area (Å²) in [5.41, 5.74) is 0. The Labute approximate surface area is 103 Å². The molecular formula is C16H31. The van der Waals surface area contributed by atoms with E-state index in [1.165, 1.54) is 83.5 Å². The van der Waals surface area contributed by atoms with Gasteiger partial charge in [-0.1, -0.05) is 96.8 Å². The highest BCUT2D eigenvalue weighted by molar-refractivity contribution is 4.62. The first kappa shape index (κ1) is 14.1. The van der Waals surface area contributed by atoms with E-state index in [-0.39, 0.29) is 0 Å². The number of rotatable bonds is 2. The highest BCUT2D eigenvalue weighted by atomic mass is 14.1. The second-order valence-electron chi connectivity index (χ2n) is 5.62. The van der Waals surface area contributed by atoms with Crippen LogP contribution in [0.4, 0.5) is 0 Å². The molecule has 1 fully saturated rings. The van der Waals surface area contributed by atoms with Crippen LogP contribution in [0.1, 0.15) is 89.9 Å². The highest BCUT2D eigenvalue weighted by Gasteiger charge is 2.07. The molecule has 0 aliphatic heterocycles. The molecule has 0 spiro atoms. The molecule has 0 aromatic carbocycles. The van der Waals surface area contributed by atoms with Crippen molar-refractivity contribution in [2.24, 2.45) is 5.92 Å². The second kappa shape index (κ2) is 10.2. The fraction of sp³-hybridized carbons (Fsp3) is 0.938. The summed E-state index contributed by atoms with van der Waals surface area (Å²) in [4.78, 5) is 0. The first-order chi connectivity index (χ1) is 7.93. The fourth-order valence-corrected chi connectivity index (χ4v) is 3.00. The molecule has 0 heteroatoms. The summed E-state index contributed by atoms with van der Waals surface area (Å²) in [6, 6.07) is 0. The van der Waals surface area contributed by atoms with Crippen LogP contribution in [-0.2, 0) is 0 Å².